The third-order valence-corrected chi connectivity index (χ3v) is 5.17. The van der Waals surface area contributed by atoms with Gasteiger partial charge in [-0.3, -0.25) is 4.90 Å². The van der Waals surface area contributed by atoms with Crippen LogP contribution < -0.4 is 0 Å². The van der Waals surface area contributed by atoms with E-state index in [1.54, 1.807) is 0 Å². The number of nitrogens with zero attached hydrogens (tertiary/aromatic N) is 2. The number of benzene rings is 2. The lowest BCUT2D eigenvalue weighted by atomic mass is 9.96. The minimum atomic E-state index is 0.371. The van der Waals surface area contributed by atoms with E-state index in [0.717, 1.165) is 18.4 Å². The molecule has 1 saturated heterocycles. The summed E-state index contributed by atoms with van der Waals surface area (Å²) in [6.07, 6.45) is 1.24. The van der Waals surface area contributed by atoms with Gasteiger partial charge in [0, 0.05) is 31.5 Å². The quantitative estimate of drug-likeness (QED) is 0.701. The molecule has 0 saturated carbocycles. The van der Waals surface area contributed by atoms with E-state index < -0.39 is 0 Å². The van der Waals surface area contributed by atoms with Crippen LogP contribution in [-0.2, 0) is 0 Å². The predicted molar refractivity (Wildman–Crippen MR) is 101 cm³/mol. The molecule has 0 aliphatic carbocycles. The second-order valence-electron chi connectivity index (χ2n) is 6.14. The first-order valence-electron chi connectivity index (χ1n) is 8.51. The Hall–Kier alpha value is -1.16. The normalized spacial score (nSPS) is 16.8. The van der Waals surface area contributed by atoms with Crippen LogP contribution in [0, 0.1) is 0 Å². The van der Waals surface area contributed by atoms with Crippen LogP contribution in [-0.4, -0.2) is 47.9 Å². The van der Waals surface area contributed by atoms with E-state index in [1.807, 2.05) is 0 Å². The Morgan fingerprint density at radius 3 is 1.78 bits per heavy atom. The number of hydrogen-bond donors (Lipinski definition) is 0. The maximum absolute atomic E-state index is 3.54. The molecule has 1 aliphatic heterocycles. The summed E-state index contributed by atoms with van der Waals surface area (Å²) in [4.78, 5) is 5.22. The Kier molecular flexibility index (Phi) is 6.26. The zero-order chi connectivity index (χ0) is 15.9. The van der Waals surface area contributed by atoms with Crippen molar-refractivity contribution in [1.29, 1.82) is 0 Å². The first kappa shape index (κ1) is 16.7. The molecule has 0 atom stereocenters. The van der Waals surface area contributed by atoms with E-state index in [1.165, 1.54) is 37.2 Å². The molecule has 3 heteroatoms. The van der Waals surface area contributed by atoms with E-state index in [-0.39, 0.29) is 0 Å². The standard InChI is InChI=1S/C20H25BrN2/c21-12-7-13-22-14-16-23(17-15-22)20(18-8-3-1-4-9-18)19-10-5-2-6-11-19/h1-6,8-11,20H,7,12-17H2. The van der Waals surface area contributed by atoms with Crippen LogP contribution in [0.3, 0.4) is 0 Å². The number of alkyl halides is 1. The van der Waals surface area contributed by atoms with E-state index in [9.17, 15) is 0 Å². The summed E-state index contributed by atoms with van der Waals surface area (Å²) in [5.41, 5.74) is 2.79. The Labute approximate surface area is 148 Å². The van der Waals surface area contributed by atoms with Gasteiger partial charge in [-0.05, 0) is 24.1 Å². The molecule has 23 heavy (non-hydrogen) atoms. The third-order valence-electron chi connectivity index (χ3n) is 4.61. The van der Waals surface area contributed by atoms with Gasteiger partial charge in [0.05, 0.1) is 6.04 Å². The molecule has 1 fully saturated rings. The summed E-state index contributed by atoms with van der Waals surface area (Å²) in [5.74, 6) is 0. The largest absolute Gasteiger partial charge is 0.301 e. The summed E-state index contributed by atoms with van der Waals surface area (Å²) in [6.45, 7) is 5.82. The van der Waals surface area contributed by atoms with Gasteiger partial charge in [-0.1, -0.05) is 76.6 Å². The monoisotopic (exact) mass is 372 g/mol. The van der Waals surface area contributed by atoms with E-state index in [2.05, 4.69) is 86.4 Å². The number of halogens is 1. The van der Waals surface area contributed by atoms with Crippen molar-refractivity contribution in [3.05, 3.63) is 71.8 Å². The fourth-order valence-electron chi connectivity index (χ4n) is 3.41. The zero-order valence-corrected chi connectivity index (χ0v) is 15.2. The average Bonchev–Trinajstić information content (AvgIpc) is 2.63. The summed E-state index contributed by atoms with van der Waals surface area (Å²) >= 11 is 3.54. The molecule has 0 N–H and O–H groups in total. The highest BCUT2D eigenvalue weighted by molar-refractivity contribution is 9.09. The van der Waals surface area contributed by atoms with Crippen LogP contribution in [0.1, 0.15) is 23.6 Å². The molecular formula is C20H25BrN2. The Balaban J connectivity index is 1.75. The third kappa shape index (κ3) is 4.43. The molecule has 3 rings (SSSR count). The average molecular weight is 373 g/mol. The lowest BCUT2D eigenvalue weighted by molar-refractivity contribution is 0.110. The molecule has 2 aromatic carbocycles. The first-order chi connectivity index (χ1) is 11.4. The zero-order valence-electron chi connectivity index (χ0n) is 13.6. The molecule has 0 radical (unpaired) electrons. The Morgan fingerprint density at radius 1 is 0.783 bits per heavy atom. The second-order valence-corrected chi connectivity index (χ2v) is 6.94. The van der Waals surface area contributed by atoms with Gasteiger partial charge in [0.15, 0.2) is 0 Å². The number of rotatable bonds is 6. The molecule has 0 unspecified atom stereocenters. The van der Waals surface area contributed by atoms with Crippen molar-refractivity contribution in [2.45, 2.75) is 12.5 Å². The van der Waals surface area contributed by atoms with Crippen LogP contribution in [0.5, 0.6) is 0 Å². The molecule has 1 aliphatic rings. The molecular weight excluding hydrogens is 348 g/mol. The molecule has 122 valence electrons. The summed E-state index contributed by atoms with van der Waals surface area (Å²) < 4.78 is 0. The van der Waals surface area contributed by atoms with E-state index in [4.69, 9.17) is 0 Å². The number of piperazine rings is 1. The maximum Gasteiger partial charge on any atom is 0.0602 e. The molecule has 0 spiro atoms. The highest BCUT2D eigenvalue weighted by Gasteiger charge is 2.25. The minimum Gasteiger partial charge on any atom is -0.301 e. The van der Waals surface area contributed by atoms with Gasteiger partial charge in [-0.25, -0.2) is 0 Å². The fraction of sp³-hybridized carbons (Fsp3) is 0.400. The van der Waals surface area contributed by atoms with Crippen LogP contribution in [0.15, 0.2) is 60.7 Å². The number of hydrogen-bond acceptors (Lipinski definition) is 2. The maximum atomic E-state index is 3.54. The topological polar surface area (TPSA) is 6.48 Å². The van der Waals surface area contributed by atoms with Crippen molar-refractivity contribution in [1.82, 2.24) is 9.80 Å². The van der Waals surface area contributed by atoms with Crippen molar-refractivity contribution in [3.63, 3.8) is 0 Å². The highest BCUT2D eigenvalue weighted by atomic mass is 79.9. The van der Waals surface area contributed by atoms with Gasteiger partial charge in [0.25, 0.3) is 0 Å². The van der Waals surface area contributed by atoms with Gasteiger partial charge < -0.3 is 4.90 Å². The molecule has 0 amide bonds. The molecule has 2 nitrogen and oxygen atoms in total. The van der Waals surface area contributed by atoms with Gasteiger partial charge in [0.2, 0.25) is 0 Å². The van der Waals surface area contributed by atoms with Crippen LogP contribution in [0.4, 0.5) is 0 Å². The highest BCUT2D eigenvalue weighted by Crippen LogP contribution is 2.29. The van der Waals surface area contributed by atoms with E-state index >= 15 is 0 Å². The van der Waals surface area contributed by atoms with Crippen molar-refractivity contribution in [3.8, 4) is 0 Å². The van der Waals surface area contributed by atoms with Gasteiger partial charge in [-0.2, -0.15) is 0 Å². The van der Waals surface area contributed by atoms with Crippen molar-refractivity contribution in [2.75, 3.05) is 38.1 Å². The van der Waals surface area contributed by atoms with Crippen LogP contribution in [0.25, 0.3) is 0 Å². The minimum absolute atomic E-state index is 0.371. The fourth-order valence-corrected chi connectivity index (χ4v) is 3.66. The van der Waals surface area contributed by atoms with Crippen LogP contribution in [0.2, 0.25) is 0 Å². The molecule has 0 bridgehead atoms. The second kappa shape index (κ2) is 8.62. The van der Waals surface area contributed by atoms with Crippen molar-refractivity contribution in [2.24, 2.45) is 0 Å². The van der Waals surface area contributed by atoms with Crippen molar-refractivity contribution >= 4 is 15.9 Å². The molecule has 1 heterocycles. The molecule has 0 aromatic heterocycles. The Bertz CT molecular complexity index is 525. The smallest absolute Gasteiger partial charge is 0.0602 e. The lowest BCUT2D eigenvalue weighted by Crippen LogP contribution is -2.48. The van der Waals surface area contributed by atoms with E-state index in [0.29, 0.717) is 6.04 Å². The Morgan fingerprint density at radius 2 is 1.30 bits per heavy atom. The lowest BCUT2D eigenvalue weighted by Gasteiger charge is -2.39. The SMILES string of the molecule is BrCCCN1CCN(C(c2ccccc2)c2ccccc2)CC1. The predicted octanol–water partition coefficient (Wildman–Crippen LogP) is 4.18. The van der Waals surface area contributed by atoms with Gasteiger partial charge in [-0.15, -0.1) is 0 Å². The summed E-state index contributed by atoms with van der Waals surface area (Å²) in [5, 5.41) is 1.10. The first-order valence-corrected chi connectivity index (χ1v) is 9.63. The van der Waals surface area contributed by atoms with Gasteiger partial charge in [0.1, 0.15) is 0 Å². The summed E-state index contributed by atoms with van der Waals surface area (Å²) in [7, 11) is 0. The van der Waals surface area contributed by atoms with Gasteiger partial charge >= 0.3 is 0 Å². The molecule has 2 aromatic rings. The summed E-state index contributed by atoms with van der Waals surface area (Å²) in [6, 6.07) is 22.2. The van der Waals surface area contributed by atoms with Crippen molar-refractivity contribution < 1.29 is 0 Å². The van der Waals surface area contributed by atoms with Crippen LogP contribution >= 0.6 is 15.9 Å².